The maximum Gasteiger partial charge on any atom is 0.227 e. The Morgan fingerprint density at radius 1 is 1.59 bits per heavy atom. The molecule has 3 N–H and O–H groups in total. The first-order valence-electron chi connectivity index (χ1n) is 5.35. The van der Waals surface area contributed by atoms with Crippen LogP contribution >= 0.6 is 15.9 Å². The summed E-state index contributed by atoms with van der Waals surface area (Å²) in [5, 5.41) is 2.83. The van der Waals surface area contributed by atoms with E-state index in [1.165, 1.54) is 0 Å². The highest BCUT2D eigenvalue weighted by Gasteiger charge is 2.12. The molecule has 1 aromatic rings. The number of rotatable bonds is 5. The highest BCUT2D eigenvalue weighted by Crippen LogP contribution is 2.23. The third-order valence-corrected chi connectivity index (χ3v) is 3.10. The number of ether oxygens (including phenoxy) is 1. The first-order valence-corrected chi connectivity index (χ1v) is 6.15. The lowest BCUT2D eigenvalue weighted by Gasteiger charge is -2.13. The zero-order valence-corrected chi connectivity index (χ0v) is 11.6. The van der Waals surface area contributed by atoms with E-state index in [1.54, 1.807) is 7.11 Å². The van der Waals surface area contributed by atoms with E-state index in [4.69, 9.17) is 10.5 Å². The van der Waals surface area contributed by atoms with Gasteiger partial charge in [-0.15, -0.1) is 0 Å². The van der Waals surface area contributed by atoms with Crippen LogP contribution in [0.3, 0.4) is 0 Å². The Hall–Kier alpha value is -0.910. The number of hydrogen-bond acceptors (Lipinski definition) is 3. The molecule has 0 spiro atoms. The standard InChI is InChI=1S/C12H17BrN2O2/c1-8-3-4-10(13)11(5-8)15-12(16)6-9(7-14)17-2/h3-5,9H,6-7,14H2,1-2H3,(H,15,16). The molecule has 0 fully saturated rings. The largest absolute Gasteiger partial charge is 0.380 e. The van der Waals surface area contributed by atoms with E-state index in [-0.39, 0.29) is 18.4 Å². The lowest BCUT2D eigenvalue weighted by atomic mass is 10.2. The lowest BCUT2D eigenvalue weighted by molar-refractivity contribution is -0.118. The number of hydrogen-bond donors (Lipinski definition) is 2. The van der Waals surface area contributed by atoms with Gasteiger partial charge in [0.05, 0.1) is 18.2 Å². The SMILES string of the molecule is COC(CN)CC(=O)Nc1cc(C)ccc1Br. The molecule has 1 aromatic carbocycles. The van der Waals surface area contributed by atoms with Crippen molar-refractivity contribution in [2.24, 2.45) is 5.73 Å². The van der Waals surface area contributed by atoms with Crippen molar-refractivity contribution in [2.75, 3.05) is 19.0 Å². The lowest BCUT2D eigenvalue weighted by Crippen LogP contribution is -2.28. The number of halogens is 1. The Morgan fingerprint density at radius 3 is 2.88 bits per heavy atom. The van der Waals surface area contributed by atoms with Crippen molar-refractivity contribution < 1.29 is 9.53 Å². The minimum Gasteiger partial charge on any atom is -0.380 e. The van der Waals surface area contributed by atoms with E-state index in [1.807, 2.05) is 25.1 Å². The van der Waals surface area contributed by atoms with E-state index in [2.05, 4.69) is 21.2 Å². The monoisotopic (exact) mass is 300 g/mol. The van der Waals surface area contributed by atoms with Crippen molar-refractivity contribution >= 4 is 27.5 Å². The van der Waals surface area contributed by atoms with Crippen LogP contribution in [-0.2, 0) is 9.53 Å². The van der Waals surface area contributed by atoms with E-state index < -0.39 is 0 Å². The Labute approximate surface area is 110 Å². The van der Waals surface area contributed by atoms with Gasteiger partial charge in [0, 0.05) is 18.1 Å². The number of anilines is 1. The van der Waals surface area contributed by atoms with Gasteiger partial charge in [0.2, 0.25) is 5.91 Å². The number of benzene rings is 1. The van der Waals surface area contributed by atoms with Crippen molar-refractivity contribution in [3.8, 4) is 0 Å². The molecule has 17 heavy (non-hydrogen) atoms. The van der Waals surface area contributed by atoms with Crippen molar-refractivity contribution in [3.63, 3.8) is 0 Å². The molecule has 0 aromatic heterocycles. The Balaban J connectivity index is 2.64. The highest BCUT2D eigenvalue weighted by molar-refractivity contribution is 9.10. The predicted molar refractivity (Wildman–Crippen MR) is 72.0 cm³/mol. The third kappa shape index (κ3) is 4.46. The van der Waals surface area contributed by atoms with E-state index in [9.17, 15) is 4.79 Å². The zero-order valence-electron chi connectivity index (χ0n) is 10.00. The van der Waals surface area contributed by atoms with Gasteiger partial charge in [-0.3, -0.25) is 4.79 Å². The van der Waals surface area contributed by atoms with Crippen LogP contribution in [0.25, 0.3) is 0 Å². The summed E-state index contributed by atoms with van der Waals surface area (Å²) in [6.07, 6.45) is 0.0199. The summed E-state index contributed by atoms with van der Waals surface area (Å²) in [4.78, 5) is 11.7. The number of methoxy groups -OCH3 is 1. The van der Waals surface area contributed by atoms with Crippen LogP contribution < -0.4 is 11.1 Å². The van der Waals surface area contributed by atoms with Crippen LogP contribution in [0.2, 0.25) is 0 Å². The van der Waals surface area contributed by atoms with Crippen LogP contribution in [0.1, 0.15) is 12.0 Å². The average Bonchev–Trinajstić information content (AvgIpc) is 2.31. The van der Waals surface area contributed by atoms with Crippen LogP contribution in [0.5, 0.6) is 0 Å². The molecular formula is C12H17BrN2O2. The molecule has 1 atom stereocenters. The number of carbonyl (C=O) groups excluding carboxylic acids is 1. The van der Waals surface area contributed by atoms with Gasteiger partial charge in [0.25, 0.3) is 0 Å². The Bertz CT molecular complexity index is 392. The Kier molecular flexibility index (Phi) is 5.61. The second kappa shape index (κ2) is 6.74. The second-order valence-electron chi connectivity index (χ2n) is 3.83. The summed E-state index contributed by atoms with van der Waals surface area (Å²) >= 11 is 3.39. The van der Waals surface area contributed by atoms with Crippen LogP contribution in [0.4, 0.5) is 5.69 Å². The molecule has 1 amide bonds. The van der Waals surface area contributed by atoms with Gasteiger partial charge in [-0.25, -0.2) is 0 Å². The second-order valence-corrected chi connectivity index (χ2v) is 4.68. The predicted octanol–water partition coefficient (Wildman–Crippen LogP) is 2.06. The first kappa shape index (κ1) is 14.2. The Morgan fingerprint density at radius 2 is 2.29 bits per heavy atom. The molecule has 0 aliphatic heterocycles. The fraction of sp³-hybridized carbons (Fsp3) is 0.417. The smallest absolute Gasteiger partial charge is 0.227 e. The molecule has 4 nitrogen and oxygen atoms in total. The molecule has 1 unspecified atom stereocenters. The van der Waals surface area contributed by atoms with Crippen LogP contribution in [0, 0.1) is 6.92 Å². The van der Waals surface area contributed by atoms with Crippen molar-refractivity contribution in [1.29, 1.82) is 0 Å². The van der Waals surface area contributed by atoms with Crippen molar-refractivity contribution in [1.82, 2.24) is 0 Å². The van der Waals surface area contributed by atoms with Crippen molar-refractivity contribution in [3.05, 3.63) is 28.2 Å². The molecule has 0 bridgehead atoms. The van der Waals surface area contributed by atoms with Gasteiger partial charge < -0.3 is 15.8 Å². The van der Waals surface area contributed by atoms with Gasteiger partial charge in [-0.05, 0) is 40.5 Å². The summed E-state index contributed by atoms with van der Waals surface area (Å²) in [6.45, 7) is 2.30. The maximum atomic E-state index is 11.7. The third-order valence-electron chi connectivity index (χ3n) is 2.41. The molecule has 1 rings (SSSR count). The molecule has 94 valence electrons. The maximum absolute atomic E-state index is 11.7. The van der Waals surface area contributed by atoms with Gasteiger partial charge >= 0.3 is 0 Å². The van der Waals surface area contributed by atoms with Crippen LogP contribution in [-0.4, -0.2) is 25.7 Å². The highest BCUT2D eigenvalue weighted by atomic mass is 79.9. The van der Waals surface area contributed by atoms with Gasteiger partial charge in [0.1, 0.15) is 0 Å². The van der Waals surface area contributed by atoms with E-state index in [0.29, 0.717) is 6.54 Å². The molecule has 0 saturated heterocycles. The first-order chi connectivity index (χ1) is 8.06. The van der Waals surface area contributed by atoms with Crippen molar-refractivity contribution in [2.45, 2.75) is 19.4 Å². The van der Waals surface area contributed by atoms with Crippen LogP contribution in [0.15, 0.2) is 22.7 Å². The number of nitrogens with one attached hydrogen (secondary N) is 1. The molecule has 0 heterocycles. The quantitative estimate of drug-likeness (QED) is 0.875. The normalized spacial score (nSPS) is 12.2. The van der Waals surface area contributed by atoms with E-state index >= 15 is 0 Å². The number of amides is 1. The summed E-state index contributed by atoms with van der Waals surface area (Å²) in [6, 6.07) is 5.78. The molecular weight excluding hydrogens is 284 g/mol. The minimum absolute atomic E-state index is 0.103. The molecule has 0 saturated carbocycles. The zero-order chi connectivity index (χ0) is 12.8. The summed E-state index contributed by atoms with van der Waals surface area (Å²) in [5.41, 5.74) is 7.32. The number of nitrogens with two attached hydrogens (primary N) is 1. The summed E-state index contributed by atoms with van der Waals surface area (Å²) in [5.74, 6) is -0.103. The number of carbonyl (C=O) groups is 1. The summed E-state index contributed by atoms with van der Waals surface area (Å²) in [7, 11) is 1.55. The number of aryl methyl sites for hydroxylation is 1. The fourth-order valence-corrected chi connectivity index (χ4v) is 1.75. The topological polar surface area (TPSA) is 64.3 Å². The fourth-order valence-electron chi connectivity index (χ4n) is 1.41. The van der Waals surface area contributed by atoms with E-state index in [0.717, 1.165) is 15.7 Å². The molecule has 5 heteroatoms. The van der Waals surface area contributed by atoms with Gasteiger partial charge in [0.15, 0.2) is 0 Å². The average molecular weight is 301 g/mol. The molecule has 0 radical (unpaired) electrons. The minimum atomic E-state index is -0.237. The summed E-state index contributed by atoms with van der Waals surface area (Å²) < 4.78 is 5.92. The molecule has 0 aliphatic rings. The van der Waals surface area contributed by atoms with Gasteiger partial charge in [-0.1, -0.05) is 6.07 Å². The van der Waals surface area contributed by atoms with Gasteiger partial charge in [-0.2, -0.15) is 0 Å². The molecule has 0 aliphatic carbocycles.